The Kier molecular flexibility index (Phi) is 6.49. The molecule has 4 rings (SSSR count). The van der Waals surface area contributed by atoms with E-state index >= 15 is 0 Å². The fourth-order valence-electron chi connectivity index (χ4n) is 5.84. The van der Waals surface area contributed by atoms with Crippen molar-refractivity contribution in [2.45, 2.75) is 54.6 Å². The number of aliphatic hydroxyl groups excluding tert-OH is 1. The summed E-state index contributed by atoms with van der Waals surface area (Å²) in [6, 6.07) is 6.26. The molecule has 32 heavy (non-hydrogen) atoms. The summed E-state index contributed by atoms with van der Waals surface area (Å²) in [6.07, 6.45) is 3.65. The first kappa shape index (κ1) is 23.4. The van der Waals surface area contributed by atoms with Crippen molar-refractivity contribution in [3.63, 3.8) is 0 Å². The lowest BCUT2D eigenvalue weighted by Crippen LogP contribution is -2.52. The fourth-order valence-corrected chi connectivity index (χ4v) is 8.32. The number of likely N-dealkylation sites (tertiary alicyclic amines) is 1. The minimum atomic E-state index is -0.647. The average Bonchev–Trinajstić information content (AvgIpc) is 3.33. The van der Waals surface area contributed by atoms with Crippen LogP contribution in [0, 0.1) is 11.8 Å². The summed E-state index contributed by atoms with van der Waals surface area (Å²) < 4.78 is -0.974. The number of hydrogen-bond donors (Lipinski definition) is 3. The Balaban J connectivity index is 1.67. The topological polar surface area (TPSA) is 98.7 Å². The first-order chi connectivity index (χ1) is 15.3. The quantitative estimate of drug-likeness (QED) is 0.498. The van der Waals surface area contributed by atoms with Crippen molar-refractivity contribution in [1.82, 2.24) is 10.2 Å². The molecule has 3 heterocycles. The van der Waals surface area contributed by atoms with E-state index in [1.54, 1.807) is 48.0 Å². The van der Waals surface area contributed by atoms with E-state index in [4.69, 9.17) is 16.7 Å². The molecule has 1 aromatic rings. The van der Waals surface area contributed by atoms with E-state index in [-0.39, 0.29) is 29.1 Å². The van der Waals surface area contributed by atoms with Crippen LogP contribution in [0.4, 0.5) is 5.69 Å². The van der Waals surface area contributed by atoms with Crippen LogP contribution in [0.15, 0.2) is 24.3 Å². The molecule has 1 spiro atoms. The van der Waals surface area contributed by atoms with Crippen molar-refractivity contribution >= 4 is 46.8 Å². The van der Waals surface area contributed by atoms with Crippen LogP contribution in [0.25, 0.3) is 0 Å². The zero-order chi connectivity index (χ0) is 23.1. The third-order valence-electron chi connectivity index (χ3n) is 7.22. The molecule has 3 aliphatic rings. The molecule has 0 aliphatic carbocycles. The molecule has 3 fully saturated rings. The van der Waals surface area contributed by atoms with Gasteiger partial charge in [0.2, 0.25) is 17.7 Å². The highest BCUT2D eigenvalue weighted by molar-refractivity contribution is 8.02. The number of nitrogens with zero attached hydrogens (tertiary/aromatic N) is 1. The largest absolute Gasteiger partial charge is 0.396 e. The van der Waals surface area contributed by atoms with Gasteiger partial charge in [0.15, 0.2) is 0 Å². The van der Waals surface area contributed by atoms with Gasteiger partial charge in [0.1, 0.15) is 6.04 Å². The van der Waals surface area contributed by atoms with Gasteiger partial charge >= 0.3 is 0 Å². The molecule has 174 valence electrons. The molecule has 0 radical (unpaired) electrons. The van der Waals surface area contributed by atoms with Crippen LogP contribution in [-0.4, -0.2) is 63.5 Å². The van der Waals surface area contributed by atoms with Gasteiger partial charge in [-0.05, 0) is 63.3 Å². The minimum Gasteiger partial charge on any atom is -0.396 e. The number of aliphatic hydroxyl groups is 1. The summed E-state index contributed by atoms with van der Waals surface area (Å²) in [5.41, 5.74) is 0.624. The number of carbonyl (C=O) groups is 3. The molecular weight excluding hydrogens is 450 g/mol. The number of unbranched alkanes of at least 4 members (excludes halogenated alkanes) is 2. The summed E-state index contributed by atoms with van der Waals surface area (Å²) in [6.45, 7) is 2.60. The predicted molar refractivity (Wildman–Crippen MR) is 126 cm³/mol. The zero-order valence-corrected chi connectivity index (χ0v) is 20.0. The Morgan fingerprint density at radius 3 is 2.56 bits per heavy atom. The Labute approximate surface area is 197 Å². The van der Waals surface area contributed by atoms with Crippen LogP contribution in [0.5, 0.6) is 0 Å². The van der Waals surface area contributed by atoms with E-state index in [0.717, 1.165) is 19.3 Å². The van der Waals surface area contributed by atoms with Gasteiger partial charge in [-0.2, -0.15) is 0 Å². The number of rotatable bonds is 8. The first-order valence-corrected chi connectivity index (χ1v) is 12.4. The third-order valence-corrected chi connectivity index (χ3v) is 9.46. The van der Waals surface area contributed by atoms with Crippen molar-refractivity contribution in [3.05, 3.63) is 29.3 Å². The van der Waals surface area contributed by atoms with Gasteiger partial charge in [-0.3, -0.25) is 14.4 Å². The monoisotopic (exact) mass is 479 g/mol. The number of halogens is 1. The Bertz CT molecular complexity index is 913. The van der Waals surface area contributed by atoms with Crippen molar-refractivity contribution in [2.75, 3.05) is 25.5 Å². The van der Waals surface area contributed by atoms with Crippen LogP contribution < -0.4 is 10.6 Å². The molecule has 5 atom stereocenters. The molecule has 2 bridgehead atoms. The molecule has 7 nitrogen and oxygen atoms in total. The minimum absolute atomic E-state index is 0.102. The molecule has 3 N–H and O–H groups in total. The molecule has 0 aromatic heterocycles. The normalized spacial score (nSPS) is 32.8. The first-order valence-electron chi connectivity index (χ1n) is 11.2. The second-order valence-corrected chi connectivity index (χ2v) is 11.5. The van der Waals surface area contributed by atoms with Gasteiger partial charge < -0.3 is 20.6 Å². The summed E-state index contributed by atoms with van der Waals surface area (Å²) in [5, 5.41) is 15.4. The lowest BCUT2D eigenvalue weighted by atomic mass is 9.66. The Morgan fingerprint density at radius 2 is 1.91 bits per heavy atom. The highest BCUT2D eigenvalue weighted by Gasteiger charge is 2.76. The van der Waals surface area contributed by atoms with Gasteiger partial charge in [-0.1, -0.05) is 11.6 Å². The maximum atomic E-state index is 13.7. The Morgan fingerprint density at radius 1 is 1.19 bits per heavy atom. The van der Waals surface area contributed by atoms with Crippen molar-refractivity contribution in [3.8, 4) is 0 Å². The van der Waals surface area contributed by atoms with E-state index in [0.29, 0.717) is 30.1 Å². The molecule has 3 amide bonds. The lowest BCUT2D eigenvalue weighted by molar-refractivity contribution is -0.140. The van der Waals surface area contributed by atoms with E-state index in [2.05, 4.69) is 17.6 Å². The molecule has 3 saturated heterocycles. The van der Waals surface area contributed by atoms with Crippen LogP contribution in [0.3, 0.4) is 0 Å². The molecule has 0 saturated carbocycles. The summed E-state index contributed by atoms with van der Waals surface area (Å²) >= 11 is 7.63. The van der Waals surface area contributed by atoms with Gasteiger partial charge in [-0.15, -0.1) is 11.8 Å². The second kappa shape index (κ2) is 8.88. The van der Waals surface area contributed by atoms with Crippen LogP contribution in [-0.2, 0) is 14.4 Å². The fraction of sp³-hybridized carbons (Fsp3) is 0.609. The molecule has 3 aliphatic heterocycles. The van der Waals surface area contributed by atoms with E-state index in [1.807, 2.05) is 0 Å². The number of anilines is 1. The van der Waals surface area contributed by atoms with E-state index in [9.17, 15) is 14.4 Å². The molecule has 9 heteroatoms. The van der Waals surface area contributed by atoms with Crippen LogP contribution in [0.1, 0.15) is 39.0 Å². The van der Waals surface area contributed by atoms with Gasteiger partial charge in [0, 0.05) is 35.7 Å². The van der Waals surface area contributed by atoms with Gasteiger partial charge in [0.05, 0.1) is 16.6 Å². The number of carbonyl (C=O) groups excluding carboxylic acids is 3. The maximum Gasteiger partial charge on any atom is 0.248 e. The highest BCUT2D eigenvalue weighted by Crippen LogP contribution is 2.71. The van der Waals surface area contributed by atoms with Gasteiger partial charge in [-0.25, -0.2) is 0 Å². The van der Waals surface area contributed by atoms with E-state index in [1.165, 1.54) is 0 Å². The predicted octanol–water partition coefficient (Wildman–Crippen LogP) is 2.67. The van der Waals surface area contributed by atoms with Crippen molar-refractivity contribution in [1.29, 1.82) is 0 Å². The number of thioether (sulfide) groups is 1. The summed E-state index contributed by atoms with van der Waals surface area (Å²) in [7, 11) is 1.60. The second-order valence-electron chi connectivity index (χ2n) is 9.15. The van der Waals surface area contributed by atoms with Crippen LogP contribution >= 0.6 is 23.4 Å². The molecular formula is C23H30ClN3O4S. The number of nitrogens with one attached hydrogen (secondary N) is 2. The Hall–Kier alpha value is -1.77. The van der Waals surface area contributed by atoms with Crippen LogP contribution in [0.2, 0.25) is 5.02 Å². The molecule has 2 unspecified atom stereocenters. The van der Waals surface area contributed by atoms with Crippen molar-refractivity contribution in [2.24, 2.45) is 11.8 Å². The number of hydrogen-bond acceptors (Lipinski definition) is 5. The highest BCUT2D eigenvalue weighted by atomic mass is 35.5. The number of amides is 3. The summed E-state index contributed by atoms with van der Waals surface area (Å²) in [5.74, 6) is -1.41. The van der Waals surface area contributed by atoms with Crippen molar-refractivity contribution < 1.29 is 19.5 Å². The average molecular weight is 480 g/mol. The number of benzene rings is 1. The maximum absolute atomic E-state index is 13.7. The smallest absolute Gasteiger partial charge is 0.248 e. The zero-order valence-electron chi connectivity index (χ0n) is 18.4. The standard InChI is InChI=1S/C23H30ClN3O4S/c1-22-10-11-23(32-22)17(16(22)19(29)25-2)21(31)27(12-4-3-5-13-28)18(23)20(30)26-15-8-6-14(24)7-9-15/h6-9,16-18,28H,3-5,10-13H2,1-2H3,(H,25,29)(H,26,30)/t16-,17+,18?,22+,23?/m1/s1. The SMILES string of the molecule is CNC(=O)[C@H]1[C@H]2C(=O)N(CCCCCO)C(C(=O)Nc3ccc(Cl)cc3)C23CC[C@]1(C)S3. The van der Waals surface area contributed by atoms with Gasteiger partial charge in [0.25, 0.3) is 0 Å². The lowest BCUT2D eigenvalue weighted by Gasteiger charge is -2.34. The third kappa shape index (κ3) is 3.70. The number of fused-ring (bicyclic) bond motifs is 1. The molecule has 1 aromatic carbocycles. The van der Waals surface area contributed by atoms with E-state index < -0.39 is 22.6 Å². The summed E-state index contributed by atoms with van der Waals surface area (Å²) in [4.78, 5) is 41.9.